The minimum Gasteiger partial charge on any atom is -0.381 e. The van der Waals surface area contributed by atoms with Gasteiger partial charge in [-0.3, -0.25) is 0 Å². The van der Waals surface area contributed by atoms with Crippen molar-refractivity contribution >= 4 is 10.9 Å². The fourth-order valence-electron chi connectivity index (χ4n) is 3.43. The molecule has 1 aromatic carbocycles. The molecule has 114 valence electrons. The number of benzene rings is 1. The second-order valence-corrected chi connectivity index (χ2v) is 6.26. The Hall–Kier alpha value is -1.32. The molecule has 0 aliphatic carbocycles. The molecule has 0 bridgehead atoms. The molecule has 2 heterocycles. The number of aryl methyl sites for hydroxylation is 1. The number of aromatic nitrogens is 1. The second kappa shape index (κ2) is 6.20. The lowest BCUT2D eigenvalue weighted by Crippen LogP contribution is -2.20. The van der Waals surface area contributed by atoms with E-state index in [1.54, 1.807) is 0 Å². The highest BCUT2D eigenvalue weighted by Gasteiger charge is 2.18. The smallest absolute Gasteiger partial charge is 0.0485 e. The number of hydrogen-bond acceptors (Lipinski definition) is 2. The number of ether oxygens (including phenoxy) is 1. The highest BCUT2D eigenvalue weighted by atomic mass is 16.5. The molecule has 21 heavy (non-hydrogen) atoms. The Morgan fingerprint density at radius 2 is 2.00 bits per heavy atom. The molecular weight excluding hydrogens is 260 g/mol. The summed E-state index contributed by atoms with van der Waals surface area (Å²) in [5.41, 5.74) is 5.58. The molecule has 0 atom stereocenters. The summed E-state index contributed by atoms with van der Waals surface area (Å²) in [6, 6.07) is 6.88. The summed E-state index contributed by atoms with van der Waals surface area (Å²) in [6.07, 6.45) is 2.38. The lowest BCUT2D eigenvalue weighted by atomic mass is 10.0. The van der Waals surface area contributed by atoms with Crippen LogP contribution in [0.3, 0.4) is 0 Å². The van der Waals surface area contributed by atoms with Crippen molar-refractivity contribution in [1.82, 2.24) is 9.88 Å². The van der Waals surface area contributed by atoms with Crippen molar-refractivity contribution in [3.8, 4) is 0 Å². The van der Waals surface area contributed by atoms with Gasteiger partial charge in [-0.1, -0.05) is 6.07 Å². The number of nitrogens with zero attached hydrogens (tertiary/aromatic N) is 1. The fourth-order valence-corrected chi connectivity index (χ4v) is 3.43. The highest BCUT2D eigenvalue weighted by Crippen LogP contribution is 2.29. The van der Waals surface area contributed by atoms with Gasteiger partial charge in [-0.25, -0.2) is 0 Å². The van der Waals surface area contributed by atoms with Gasteiger partial charge in [-0.2, -0.15) is 0 Å². The standard InChI is InChI=1S/C18H26N2O/c1-13-14(2)20(12-15-6-8-21-9-7-15)18-5-4-16(11-19-3)10-17(13)18/h4-5,10,15,19H,6-9,11-12H2,1-3H3. The molecule has 0 spiro atoms. The first-order valence-corrected chi connectivity index (χ1v) is 8.01. The average molecular weight is 286 g/mol. The number of fused-ring (bicyclic) bond motifs is 1. The van der Waals surface area contributed by atoms with E-state index in [1.165, 1.54) is 40.6 Å². The first-order chi connectivity index (χ1) is 10.2. The maximum Gasteiger partial charge on any atom is 0.0485 e. The van der Waals surface area contributed by atoms with Crippen molar-refractivity contribution in [3.05, 3.63) is 35.0 Å². The number of hydrogen-bond donors (Lipinski definition) is 1. The summed E-state index contributed by atoms with van der Waals surface area (Å²) in [6.45, 7) is 8.42. The van der Waals surface area contributed by atoms with Crippen LogP contribution in [-0.2, 0) is 17.8 Å². The summed E-state index contributed by atoms with van der Waals surface area (Å²) in [5.74, 6) is 0.754. The summed E-state index contributed by atoms with van der Waals surface area (Å²) in [5, 5.41) is 4.64. The molecule has 2 aromatic rings. The van der Waals surface area contributed by atoms with Crippen LogP contribution in [0.25, 0.3) is 10.9 Å². The van der Waals surface area contributed by atoms with Crippen LogP contribution in [0.5, 0.6) is 0 Å². The Morgan fingerprint density at radius 3 is 2.71 bits per heavy atom. The van der Waals surface area contributed by atoms with Crippen molar-refractivity contribution in [2.75, 3.05) is 20.3 Å². The molecular formula is C18H26N2O. The van der Waals surface area contributed by atoms with E-state index in [0.29, 0.717) is 0 Å². The summed E-state index contributed by atoms with van der Waals surface area (Å²) in [7, 11) is 2.00. The van der Waals surface area contributed by atoms with Crippen molar-refractivity contribution in [1.29, 1.82) is 0 Å². The predicted octanol–water partition coefficient (Wildman–Crippen LogP) is 3.40. The van der Waals surface area contributed by atoms with Crippen LogP contribution < -0.4 is 5.32 Å². The van der Waals surface area contributed by atoms with Gasteiger partial charge in [0.05, 0.1) is 0 Å². The SMILES string of the molecule is CNCc1ccc2c(c1)c(C)c(C)n2CC1CCOCC1. The Labute approximate surface area is 127 Å². The quantitative estimate of drug-likeness (QED) is 0.932. The van der Waals surface area contributed by atoms with Gasteiger partial charge in [0.15, 0.2) is 0 Å². The molecule has 0 saturated carbocycles. The van der Waals surface area contributed by atoms with E-state index in [9.17, 15) is 0 Å². The van der Waals surface area contributed by atoms with Crippen LogP contribution in [-0.4, -0.2) is 24.8 Å². The minimum absolute atomic E-state index is 0.754. The summed E-state index contributed by atoms with van der Waals surface area (Å²) in [4.78, 5) is 0. The van der Waals surface area contributed by atoms with Crippen LogP contribution in [0.4, 0.5) is 0 Å². The molecule has 0 unspecified atom stereocenters. The molecule has 3 heteroatoms. The zero-order chi connectivity index (χ0) is 14.8. The third-order valence-electron chi connectivity index (χ3n) is 4.87. The Balaban J connectivity index is 1.95. The largest absolute Gasteiger partial charge is 0.381 e. The summed E-state index contributed by atoms with van der Waals surface area (Å²) < 4.78 is 8.00. The maximum atomic E-state index is 5.49. The van der Waals surface area contributed by atoms with Gasteiger partial charge in [0.2, 0.25) is 0 Å². The van der Waals surface area contributed by atoms with E-state index >= 15 is 0 Å². The van der Waals surface area contributed by atoms with Gasteiger partial charge in [0, 0.05) is 42.9 Å². The molecule has 1 saturated heterocycles. The van der Waals surface area contributed by atoms with E-state index in [4.69, 9.17) is 4.74 Å². The van der Waals surface area contributed by atoms with Crippen LogP contribution in [0.1, 0.15) is 29.7 Å². The zero-order valence-corrected chi connectivity index (χ0v) is 13.4. The Kier molecular flexibility index (Phi) is 4.32. The first-order valence-electron chi connectivity index (χ1n) is 8.01. The van der Waals surface area contributed by atoms with Crippen molar-refractivity contribution in [3.63, 3.8) is 0 Å². The van der Waals surface area contributed by atoms with Crippen LogP contribution in [0.15, 0.2) is 18.2 Å². The maximum absolute atomic E-state index is 5.49. The van der Waals surface area contributed by atoms with Crippen molar-refractivity contribution in [2.24, 2.45) is 5.92 Å². The third kappa shape index (κ3) is 2.85. The van der Waals surface area contributed by atoms with E-state index in [1.807, 2.05) is 7.05 Å². The van der Waals surface area contributed by atoms with Gasteiger partial charge in [0.1, 0.15) is 0 Å². The average Bonchev–Trinajstić information content (AvgIpc) is 2.74. The highest BCUT2D eigenvalue weighted by molar-refractivity contribution is 5.86. The van der Waals surface area contributed by atoms with Crippen LogP contribution in [0.2, 0.25) is 0 Å². The third-order valence-corrected chi connectivity index (χ3v) is 4.87. The topological polar surface area (TPSA) is 26.2 Å². The van der Waals surface area contributed by atoms with Gasteiger partial charge in [0.25, 0.3) is 0 Å². The summed E-state index contributed by atoms with van der Waals surface area (Å²) >= 11 is 0. The Morgan fingerprint density at radius 1 is 1.24 bits per heavy atom. The molecule has 0 radical (unpaired) electrons. The molecule has 1 aliphatic heterocycles. The molecule has 1 aliphatic rings. The molecule has 1 N–H and O–H groups in total. The lowest BCUT2D eigenvalue weighted by Gasteiger charge is -2.23. The molecule has 3 rings (SSSR count). The fraction of sp³-hybridized carbons (Fsp3) is 0.556. The zero-order valence-electron chi connectivity index (χ0n) is 13.4. The van der Waals surface area contributed by atoms with Gasteiger partial charge >= 0.3 is 0 Å². The van der Waals surface area contributed by atoms with Gasteiger partial charge in [-0.15, -0.1) is 0 Å². The van der Waals surface area contributed by atoms with E-state index in [-0.39, 0.29) is 0 Å². The second-order valence-electron chi connectivity index (χ2n) is 6.26. The normalized spacial score (nSPS) is 16.7. The monoisotopic (exact) mass is 286 g/mol. The van der Waals surface area contributed by atoms with Gasteiger partial charge < -0.3 is 14.6 Å². The van der Waals surface area contributed by atoms with Crippen LogP contribution in [0, 0.1) is 19.8 Å². The molecule has 3 nitrogen and oxygen atoms in total. The van der Waals surface area contributed by atoms with E-state index in [0.717, 1.165) is 32.2 Å². The number of rotatable bonds is 4. The van der Waals surface area contributed by atoms with E-state index in [2.05, 4.69) is 41.9 Å². The molecule has 0 amide bonds. The lowest BCUT2D eigenvalue weighted by molar-refractivity contribution is 0.0615. The van der Waals surface area contributed by atoms with Crippen LogP contribution >= 0.6 is 0 Å². The van der Waals surface area contributed by atoms with E-state index < -0.39 is 0 Å². The minimum atomic E-state index is 0.754. The Bertz CT molecular complexity index is 624. The molecule has 1 fully saturated rings. The predicted molar refractivity (Wildman–Crippen MR) is 87.7 cm³/mol. The van der Waals surface area contributed by atoms with Crippen molar-refractivity contribution < 1.29 is 4.74 Å². The molecule has 1 aromatic heterocycles. The number of nitrogens with one attached hydrogen (secondary N) is 1. The van der Waals surface area contributed by atoms with Gasteiger partial charge in [-0.05, 0) is 62.9 Å². The first kappa shape index (κ1) is 14.6. The van der Waals surface area contributed by atoms with Crippen molar-refractivity contribution in [2.45, 2.75) is 39.8 Å².